The van der Waals surface area contributed by atoms with Gasteiger partial charge in [-0.1, -0.05) is 35.9 Å². The highest BCUT2D eigenvalue weighted by molar-refractivity contribution is 7.89. The van der Waals surface area contributed by atoms with Gasteiger partial charge in [0.25, 0.3) is 0 Å². The first-order chi connectivity index (χ1) is 11.5. The second-order valence-electron chi connectivity index (χ2n) is 5.10. The number of rotatable bonds is 5. The molecule has 1 N–H and O–H groups in total. The molecule has 24 heavy (non-hydrogen) atoms. The first kappa shape index (κ1) is 16.6. The fourth-order valence-electron chi connectivity index (χ4n) is 2.12. The Morgan fingerprint density at radius 2 is 1.92 bits per heavy atom. The van der Waals surface area contributed by atoms with Crippen LogP contribution in [0.15, 0.2) is 57.8 Å². The highest BCUT2D eigenvalue weighted by Crippen LogP contribution is 2.21. The minimum absolute atomic E-state index is 0.0774. The van der Waals surface area contributed by atoms with Crippen LogP contribution in [0.1, 0.15) is 11.5 Å². The van der Waals surface area contributed by atoms with E-state index in [2.05, 4.69) is 14.9 Å². The van der Waals surface area contributed by atoms with Crippen LogP contribution >= 0.6 is 11.6 Å². The van der Waals surface area contributed by atoms with Crippen LogP contribution in [0.5, 0.6) is 0 Å². The van der Waals surface area contributed by atoms with Gasteiger partial charge in [0.05, 0.1) is 11.4 Å². The summed E-state index contributed by atoms with van der Waals surface area (Å²) < 4.78 is 32.4. The van der Waals surface area contributed by atoms with Crippen molar-refractivity contribution in [1.82, 2.24) is 14.9 Å². The molecule has 0 saturated heterocycles. The minimum atomic E-state index is -3.71. The van der Waals surface area contributed by atoms with Crippen molar-refractivity contribution in [2.45, 2.75) is 18.4 Å². The van der Waals surface area contributed by atoms with E-state index in [1.807, 2.05) is 31.2 Å². The Balaban J connectivity index is 1.75. The first-order valence-corrected chi connectivity index (χ1v) is 8.95. The highest BCUT2D eigenvalue weighted by Gasteiger charge is 2.17. The molecule has 0 unspecified atom stereocenters. The molecule has 1 aromatic heterocycles. The average molecular weight is 364 g/mol. The van der Waals surface area contributed by atoms with E-state index in [4.69, 9.17) is 16.0 Å². The second-order valence-corrected chi connectivity index (χ2v) is 7.30. The van der Waals surface area contributed by atoms with Crippen LogP contribution in [0.4, 0.5) is 0 Å². The molecule has 0 spiro atoms. The lowest BCUT2D eigenvalue weighted by Crippen LogP contribution is -2.23. The van der Waals surface area contributed by atoms with E-state index < -0.39 is 10.0 Å². The van der Waals surface area contributed by atoms with Crippen LogP contribution in [0, 0.1) is 6.92 Å². The molecule has 0 fully saturated rings. The largest absolute Gasteiger partial charge is 0.419 e. The van der Waals surface area contributed by atoms with Crippen molar-refractivity contribution in [3.05, 3.63) is 65.0 Å². The lowest BCUT2D eigenvalue weighted by molar-refractivity contribution is 0.494. The smallest absolute Gasteiger partial charge is 0.248 e. The van der Waals surface area contributed by atoms with Gasteiger partial charge in [-0.3, -0.25) is 0 Å². The van der Waals surface area contributed by atoms with E-state index in [1.54, 1.807) is 12.1 Å². The third kappa shape index (κ3) is 3.64. The Bertz CT molecular complexity index is 970. The average Bonchev–Trinajstić information content (AvgIpc) is 3.02. The summed E-state index contributed by atoms with van der Waals surface area (Å²) in [4.78, 5) is 0.0774. The van der Waals surface area contributed by atoms with Gasteiger partial charge < -0.3 is 4.42 Å². The Hall–Kier alpha value is -2.22. The Morgan fingerprint density at radius 1 is 1.12 bits per heavy atom. The molecular weight excluding hydrogens is 350 g/mol. The van der Waals surface area contributed by atoms with Gasteiger partial charge in [0.1, 0.15) is 0 Å². The lowest BCUT2D eigenvalue weighted by atomic mass is 10.1. The quantitative estimate of drug-likeness (QED) is 0.752. The maximum atomic E-state index is 12.2. The van der Waals surface area contributed by atoms with Gasteiger partial charge >= 0.3 is 0 Å². The lowest BCUT2D eigenvalue weighted by Gasteiger charge is -2.04. The second kappa shape index (κ2) is 6.72. The van der Waals surface area contributed by atoms with E-state index in [0.717, 1.165) is 11.1 Å². The Labute approximate surface area is 144 Å². The van der Waals surface area contributed by atoms with Gasteiger partial charge in [-0.15, -0.1) is 10.2 Å². The number of nitrogens with zero attached hydrogens (tertiary/aromatic N) is 2. The zero-order valence-corrected chi connectivity index (χ0v) is 14.3. The van der Waals surface area contributed by atoms with E-state index >= 15 is 0 Å². The van der Waals surface area contributed by atoms with Gasteiger partial charge in [-0.25, -0.2) is 13.1 Å². The number of halogens is 1. The first-order valence-electron chi connectivity index (χ1n) is 7.09. The summed E-state index contributed by atoms with van der Waals surface area (Å²) in [6.07, 6.45) is 0. The fourth-order valence-corrected chi connectivity index (χ4v) is 3.40. The number of benzene rings is 2. The fraction of sp³-hybridized carbons (Fsp3) is 0.125. The van der Waals surface area contributed by atoms with Crippen molar-refractivity contribution in [3.8, 4) is 11.5 Å². The summed E-state index contributed by atoms with van der Waals surface area (Å²) in [6, 6.07) is 13.6. The molecule has 124 valence electrons. The van der Waals surface area contributed by atoms with Crippen molar-refractivity contribution >= 4 is 21.6 Å². The van der Waals surface area contributed by atoms with Crippen LogP contribution < -0.4 is 4.72 Å². The maximum Gasteiger partial charge on any atom is 0.248 e. The number of aryl methyl sites for hydroxylation is 1. The summed E-state index contributed by atoms with van der Waals surface area (Å²) in [5.74, 6) is 0.531. The van der Waals surface area contributed by atoms with Crippen LogP contribution in [0.25, 0.3) is 11.5 Å². The summed E-state index contributed by atoms with van der Waals surface area (Å²) >= 11 is 5.82. The third-order valence-corrected chi connectivity index (χ3v) is 5.00. The van der Waals surface area contributed by atoms with Crippen molar-refractivity contribution in [3.63, 3.8) is 0 Å². The predicted octanol–water partition coefficient (Wildman–Crippen LogP) is 3.18. The Kier molecular flexibility index (Phi) is 4.66. The van der Waals surface area contributed by atoms with Crippen LogP contribution in [-0.2, 0) is 16.6 Å². The standard InChI is InChI=1S/C16H14ClN3O3S/c1-11-5-2-3-8-14(11)16-20-19-15(23-16)10-18-24(21,22)13-7-4-6-12(17)9-13/h2-9,18H,10H2,1H3. The van der Waals surface area contributed by atoms with Crippen molar-refractivity contribution in [2.24, 2.45) is 0 Å². The van der Waals surface area contributed by atoms with Crippen molar-refractivity contribution in [1.29, 1.82) is 0 Å². The number of aromatic nitrogens is 2. The molecule has 0 aliphatic heterocycles. The predicted molar refractivity (Wildman–Crippen MR) is 89.9 cm³/mol. The summed E-state index contributed by atoms with van der Waals surface area (Å²) in [6.45, 7) is 1.83. The number of hydrogen-bond acceptors (Lipinski definition) is 5. The van der Waals surface area contributed by atoms with E-state index in [9.17, 15) is 8.42 Å². The molecule has 8 heteroatoms. The monoisotopic (exact) mass is 363 g/mol. The third-order valence-electron chi connectivity index (χ3n) is 3.36. The topological polar surface area (TPSA) is 85.1 Å². The molecule has 3 rings (SSSR count). The summed E-state index contributed by atoms with van der Waals surface area (Å²) in [5.41, 5.74) is 1.81. The van der Waals surface area contributed by atoms with Gasteiger partial charge in [-0.05, 0) is 36.8 Å². The molecule has 2 aromatic carbocycles. The molecule has 0 atom stereocenters. The Morgan fingerprint density at radius 3 is 2.67 bits per heavy atom. The summed E-state index contributed by atoms with van der Waals surface area (Å²) in [7, 11) is -3.71. The van der Waals surface area contributed by atoms with Gasteiger partial charge in [-0.2, -0.15) is 0 Å². The molecule has 1 heterocycles. The van der Waals surface area contributed by atoms with E-state index in [0.29, 0.717) is 10.9 Å². The molecule has 0 saturated carbocycles. The van der Waals surface area contributed by atoms with Gasteiger partial charge in [0.15, 0.2) is 0 Å². The van der Waals surface area contributed by atoms with Gasteiger partial charge in [0.2, 0.25) is 21.8 Å². The molecule has 6 nitrogen and oxygen atoms in total. The highest BCUT2D eigenvalue weighted by atomic mass is 35.5. The molecule has 0 bridgehead atoms. The van der Waals surface area contributed by atoms with Crippen LogP contribution in [0.2, 0.25) is 5.02 Å². The molecule has 0 aliphatic carbocycles. The van der Waals surface area contributed by atoms with Crippen molar-refractivity contribution < 1.29 is 12.8 Å². The van der Waals surface area contributed by atoms with E-state index in [1.165, 1.54) is 12.1 Å². The zero-order valence-electron chi connectivity index (χ0n) is 12.7. The molecule has 0 amide bonds. The van der Waals surface area contributed by atoms with Crippen LogP contribution in [0.3, 0.4) is 0 Å². The molecular formula is C16H14ClN3O3S. The number of sulfonamides is 1. The SMILES string of the molecule is Cc1ccccc1-c1nnc(CNS(=O)(=O)c2cccc(Cl)c2)o1. The number of hydrogen-bond donors (Lipinski definition) is 1. The normalized spacial score (nSPS) is 11.6. The van der Waals surface area contributed by atoms with Crippen molar-refractivity contribution in [2.75, 3.05) is 0 Å². The molecule has 3 aromatic rings. The number of nitrogens with one attached hydrogen (secondary N) is 1. The van der Waals surface area contributed by atoms with E-state index in [-0.39, 0.29) is 17.3 Å². The zero-order chi connectivity index (χ0) is 17.2. The van der Waals surface area contributed by atoms with Crippen LogP contribution in [-0.4, -0.2) is 18.6 Å². The molecule has 0 radical (unpaired) electrons. The summed E-state index contributed by atoms with van der Waals surface area (Å²) in [5, 5.41) is 8.19. The maximum absolute atomic E-state index is 12.2. The van der Waals surface area contributed by atoms with Gasteiger partial charge in [0, 0.05) is 10.6 Å². The minimum Gasteiger partial charge on any atom is -0.419 e. The molecule has 0 aliphatic rings.